The molecule has 1 aliphatic heterocycles. The summed E-state index contributed by atoms with van der Waals surface area (Å²) >= 11 is 0. The van der Waals surface area contributed by atoms with Crippen molar-refractivity contribution < 1.29 is 4.79 Å². The molecule has 1 aliphatic rings. The Hall–Kier alpha value is -3.49. The maximum absolute atomic E-state index is 13.5. The zero-order valence-corrected chi connectivity index (χ0v) is 21.1. The van der Waals surface area contributed by atoms with Gasteiger partial charge in [-0.25, -0.2) is 15.0 Å². The van der Waals surface area contributed by atoms with Gasteiger partial charge in [0.15, 0.2) is 0 Å². The number of carbonyl (C=O) groups is 1. The molecule has 35 heavy (non-hydrogen) atoms. The molecule has 8 nitrogen and oxygen atoms in total. The minimum Gasteiger partial charge on any atom is -0.369 e. The van der Waals surface area contributed by atoms with Gasteiger partial charge in [-0.15, -0.1) is 0 Å². The van der Waals surface area contributed by atoms with Crippen molar-refractivity contribution in [2.45, 2.75) is 13.8 Å². The fourth-order valence-corrected chi connectivity index (χ4v) is 4.35. The average molecular weight is 474 g/mol. The zero-order valence-electron chi connectivity index (χ0n) is 21.1. The summed E-state index contributed by atoms with van der Waals surface area (Å²) in [6.07, 6.45) is 4.51. The zero-order chi connectivity index (χ0) is 24.8. The first-order valence-electron chi connectivity index (χ1n) is 12.1. The summed E-state index contributed by atoms with van der Waals surface area (Å²) in [6.45, 7) is 10.4. The molecule has 0 saturated carbocycles. The molecule has 0 unspecified atom stereocenters. The SMILES string of the molecule is Cc1cccc(C)c1N(Nc1ccc(N2CCN(CCN(C)C)CC2)cc1)C(=O)c1cncnc1. The lowest BCUT2D eigenvalue weighted by atomic mass is 10.1. The van der Waals surface area contributed by atoms with E-state index in [-0.39, 0.29) is 5.91 Å². The van der Waals surface area contributed by atoms with Crippen molar-refractivity contribution >= 4 is 23.0 Å². The minimum atomic E-state index is -0.207. The van der Waals surface area contributed by atoms with Crippen molar-refractivity contribution in [1.82, 2.24) is 19.8 Å². The molecule has 0 aliphatic carbocycles. The number of likely N-dealkylation sites (N-methyl/N-ethyl adjacent to an activating group) is 1. The third-order valence-corrected chi connectivity index (χ3v) is 6.38. The van der Waals surface area contributed by atoms with Crippen LogP contribution in [0.4, 0.5) is 17.1 Å². The number of amides is 1. The first-order chi connectivity index (χ1) is 16.9. The van der Waals surface area contributed by atoms with Crippen molar-refractivity contribution in [3.05, 3.63) is 77.9 Å². The van der Waals surface area contributed by atoms with Gasteiger partial charge < -0.3 is 9.80 Å². The van der Waals surface area contributed by atoms with Gasteiger partial charge in [0.2, 0.25) is 0 Å². The van der Waals surface area contributed by atoms with Gasteiger partial charge in [0.25, 0.3) is 5.91 Å². The van der Waals surface area contributed by atoms with E-state index in [0.717, 1.165) is 61.8 Å². The lowest BCUT2D eigenvalue weighted by Crippen LogP contribution is -2.48. The van der Waals surface area contributed by atoms with Crippen LogP contribution in [0.15, 0.2) is 61.2 Å². The number of rotatable bonds is 8. The summed E-state index contributed by atoms with van der Waals surface area (Å²) in [4.78, 5) is 28.7. The molecular weight excluding hydrogens is 438 g/mol. The van der Waals surface area contributed by atoms with Crippen LogP contribution in [0.3, 0.4) is 0 Å². The molecule has 0 bridgehead atoms. The van der Waals surface area contributed by atoms with E-state index in [9.17, 15) is 4.79 Å². The number of anilines is 3. The highest BCUT2D eigenvalue weighted by molar-refractivity contribution is 6.07. The summed E-state index contributed by atoms with van der Waals surface area (Å²) in [7, 11) is 4.24. The molecule has 3 aromatic rings. The summed E-state index contributed by atoms with van der Waals surface area (Å²) < 4.78 is 0. The van der Waals surface area contributed by atoms with Crippen LogP contribution in [0.2, 0.25) is 0 Å². The van der Waals surface area contributed by atoms with Crippen LogP contribution in [0.1, 0.15) is 21.5 Å². The highest BCUT2D eigenvalue weighted by atomic mass is 16.2. The number of para-hydroxylation sites is 1. The fourth-order valence-electron chi connectivity index (χ4n) is 4.35. The molecule has 1 N–H and O–H groups in total. The second-order valence-electron chi connectivity index (χ2n) is 9.30. The Bertz CT molecular complexity index is 1090. The highest BCUT2D eigenvalue weighted by Gasteiger charge is 2.22. The van der Waals surface area contributed by atoms with Gasteiger partial charge in [0.05, 0.1) is 16.9 Å². The Morgan fingerprint density at radius 2 is 1.57 bits per heavy atom. The van der Waals surface area contributed by atoms with E-state index in [4.69, 9.17) is 0 Å². The highest BCUT2D eigenvalue weighted by Crippen LogP contribution is 2.28. The van der Waals surface area contributed by atoms with Crippen molar-refractivity contribution in [2.24, 2.45) is 0 Å². The summed E-state index contributed by atoms with van der Waals surface area (Å²) in [5.74, 6) is -0.207. The predicted octanol–water partition coefficient (Wildman–Crippen LogP) is 3.45. The number of hydrogen-bond donors (Lipinski definition) is 1. The van der Waals surface area contributed by atoms with E-state index in [1.807, 2.05) is 44.2 Å². The van der Waals surface area contributed by atoms with Crippen molar-refractivity contribution in [3.63, 3.8) is 0 Å². The number of piperazine rings is 1. The normalized spacial score (nSPS) is 14.3. The van der Waals surface area contributed by atoms with E-state index in [2.05, 4.69) is 56.3 Å². The topological polar surface area (TPSA) is 67.8 Å². The number of nitrogens with zero attached hydrogens (tertiary/aromatic N) is 6. The number of aromatic nitrogens is 2. The third kappa shape index (κ3) is 6.15. The van der Waals surface area contributed by atoms with E-state index in [1.54, 1.807) is 17.4 Å². The van der Waals surface area contributed by atoms with Crippen LogP contribution in [0.5, 0.6) is 0 Å². The number of hydrogen-bond acceptors (Lipinski definition) is 7. The van der Waals surface area contributed by atoms with Crippen LogP contribution in [0, 0.1) is 13.8 Å². The standard InChI is InChI=1S/C27H35N7O/c1-21-6-5-7-22(2)26(21)34(27(35)23-18-28-20-29-19-23)30-24-8-10-25(11-9-24)33-16-14-32(15-17-33)13-12-31(3)4/h5-11,18-20,30H,12-17H2,1-4H3. The summed E-state index contributed by atoms with van der Waals surface area (Å²) in [5.41, 5.74) is 8.64. The minimum absolute atomic E-state index is 0.207. The van der Waals surface area contributed by atoms with Crippen LogP contribution in [-0.4, -0.2) is 79.0 Å². The molecule has 2 aromatic carbocycles. The molecule has 4 rings (SSSR count). The molecule has 0 atom stereocenters. The van der Waals surface area contributed by atoms with E-state index >= 15 is 0 Å². The van der Waals surface area contributed by atoms with Crippen LogP contribution >= 0.6 is 0 Å². The van der Waals surface area contributed by atoms with Gasteiger partial charge >= 0.3 is 0 Å². The molecule has 0 radical (unpaired) electrons. The monoisotopic (exact) mass is 473 g/mol. The largest absolute Gasteiger partial charge is 0.369 e. The Kier molecular flexibility index (Phi) is 7.94. The van der Waals surface area contributed by atoms with Gasteiger partial charge in [-0.05, 0) is 63.3 Å². The maximum atomic E-state index is 13.5. The molecule has 1 aromatic heterocycles. The molecule has 184 valence electrons. The molecule has 2 heterocycles. The Morgan fingerprint density at radius 1 is 0.943 bits per heavy atom. The van der Waals surface area contributed by atoms with Crippen molar-refractivity contribution in [1.29, 1.82) is 0 Å². The molecule has 1 amide bonds. The molecular formula is C27H35N7O. The van der Waals surface area contributed by atoms with Gasteiger partial charge in [-0.2, -0.15) is 0 Å². The van der Waals surface area contributed by atoms with Gasteiger partial charge in [-0.1, -0.05) is 18.2 Å². The third-order valence-electron chi connectivity index (χ3n) is 6.38. The molecule has 0 spiro atoms. The Morgan fingerprint density at radius 3 is 2.17 bits per heavy atom. The van der Waals surface area contributed by atoms with Gasteiger partial charge in [-0.3, -0.25) is 15.1 Å². The lowest BCUT2D eigenvalue weighted by Gasteiger charge is -2.36. The molecule has 8 heteroatoms. The van der Waals surface area contributed by atoms with Crippen LogP contribution < -0.4 is 15.3 Å². The second-order valence-corrected chi connectivity index (χ2v) is 9.30. The quantitative estimate of drug-likeness (QED) is 0.503. The number of benzene rings is 2. The Balaban J connectivity index is 1.49. The lowest BCUT2D eigenvalue weighted by molar-refractivity contribution is 0.0991. The average Bonchev–Trinajstić information content (AvgIpc) is 2.87. The van der Waals surface area contributed by atoms with Crippen molar-refractivity contribution in [2.75, 3.05) is 68.7 Å². The fraction of sp³-hybridized carbons (Fsp3) is 0.370. The predicted molar refractivity (Wildman–Crippen MR) is 142 cm³/mol. The van der Waals surface area contributed by atoms with Crippen LogP contribution in [0.25, 0.3) is 0 Å². The number of nitrogens with one attached hydrogen (secondary N) is 1. The first kappa shape index (κ1) is 24.6. The number of hydrazine groups is 1. The second kappa shape index (κ2) is 11.3. The van der Waals surface area contributed by atoms with Crippen LogP contribution in [-0.2, 0) is 0 Å². The molecule has 1 fully saturated rings. The number of aryl methyl sites for hydroxylation is 2. The van der Waals surface area contributed by atoms with E-state index < -0.39 is 0 Å². The Labute approximate surface area is 208 Å². The van der Waals surface area contributed by atoms with Crippen molar-refractivity contribution in [3.8, 4) is 0 Å². The van der Waals surface area contributed by atoms with Gasteiger partial charge in [0, 0.05) is 57.3 Å². The first-order valence-corrected chi connectivity index (χ1v) is 12.1. The molecule has 1 saturated heterocycles. The maximum Gasteiger partial charge on any atom is 0.280 e. The summed E-state index contributed by atoms with van der Waals surface area (Å²) in [6, 6.07) is 14.3. The van der Waals surface area contributed by atoms with E-state index in [0.29, 0.717) is 5.56 Å². The summed E-state index contributed by atoms with van der Waals surface area (Å²) in [5, 5.41) is 1.60. The number of carbonyl (C=O) groups excluding carboxylic acids is 1. The van der Waals surface area contributed by atoms with Gasteiger partial charge in [0.1, 0.15) is 6.33 Å². The van der Waals surface area contributed by atoms with E-state index in [1.165, 1.54) is 12.0 Å². The smallest absolute Gasteiger partial charge is 0.280 e.